The first kappa shape index (κ1) is 25.9. The number of benzene rings is 8. The van der Waals surface area contributed by atoms with Crippen molar-refractivity contribution in [2.75, 3.05) is 4.67 Å². The Morgan fingerprint density at radius 3 is 1.22 bits per heavy atom. The van der Waals surface area contributed by atoms with Gasteiger partial charge in [-0.05, 0) is 77.5 Å². The molecule has 1 aliphatic heterocycles. The van der Waals surface area contributed by atoms with E-state index in [9.17, 15) is 0 Å². The molecule has 3 nitrogen and oxygen atoms in total. The van der Waals surface area contributed by atoms with Crippen molar-refractivity contribution in [1.29, 1.82) is 0 Å². The van der Waals surface area contributed by atoms with Gasteiger partial charge in [-0.15, -0.1) is 0 Å². The zero-order valence-electron chi connectivity index (χ0n) is 25.0. The summed E-state index contributed by atoms with van der Waals surface area (Å²) < 4.78 is 16.5. The largest absolute Gasteiger partial charge is 0.408 e. The van der Waals surface area contributed by atoms with Crippen molar-refractivity contribution in [2.45, 2.75) is 13.1 Å². The highest BCUT2D eigenvalue weighted by atomic mass is 31.1. The highest BCUT2D eigenvalue weighted by Gasteiger charge is 2.27. The lowest BCUT2D eigenvalue weighted by Gasteiger charge is -2.17. The van der Waals surface area contributed by atoms with E-state index in [0.29, 0.717) is 13.1 Å². The first-order valence-electron chi connectivity index (χ1n) is 15.8. The first-order valence-corrected chi connectivity index (χ1v) is 16.9. The Kier molecular flexibility index (Phi) is 5.69. The van der Waals surface area contributed by atoms with Crippen LogP contribution in [0.3, 0.4) is 0 Å². The monoisotopic (exact) mass is 609 g/mol. The number of rotatable bonds is 1. The van der Waals surface area contributed by atoms with Crippen LogP contribution in [0.1, 0.15) is 11.1 Å². The third-order valence-electron chi connectivity index (χ3n) is 9.60. The van der Waals surface area contributed by atoms with Gasteiger partial charge < -0.3 is 8.39 Å². The molecule has 0 saturated carbocycles. The molecule has 0 spiro atoms. The van der Waals surface area contributed by atoms with Crippen molar-refractivity contribution in [3.63, 3.8) is 0 Å². The molecule has 0 amide bonds. The van der Waals surface area contributed by atoms with Crippen molar-refractivity contribution >= 4 is 73.2 Å². The Labute approximate surface area is 266 Å². The molecule has 0 saturated heterocycles. The van der Waals surface area contributed by atoms with Gasteiger partial charge in [-0.3, -0.25) is 0 Å². The van der Waals surface area contributed by atoms with Crippen LogP contribution in [0.15, 0.2) is 154 Å². The fourth-order valence-corrected chi connectivity index (χ4v) is 8.97. The molecule has 0 unspecified atom stereocenters. The Balaban J connectivity index is 1.30. The van der Waals surface area contributed by atoms with E-state index in [2.05, 4.69) is 150 Å². The molecule has 1 aromatic heterocycles. The number of fused-ring (bicyclic) bond motifs is 14. The molecule has 2 heterocycles. The predicted molar refractivity (Wildman–Crippen MR) is 194 cm³/mol. The molecule has 10 rings (SSSR count). The van der Waals surface area contributed by atoms with E-state index < -0.39 is 8.16 Å². The summed E-state index contributed by atoms with van der Waals surface area (Å²) in [6.07, 6.45) is 0. The van der Waals surface area contributed by atoms with Crippen LogP contribution in [0.4, 0.5) is 0 Å². The second-order valence-corrected chi connectivity index (χ2v) is 13.6. The fourth-order valence-electron chi connectivity index (χ4n) is 7.53. The maximum atomic E-state index is 7.07. The molecule has 0 bridgehead atoms. The van der Waals surface area contributed by atoms with E-state index in [1.54, 1.807) is 0 Å². The molecular weight excluding hydrogens is 581 g/mol. The topological polar surface area (TPSA) is 29.5 Å². The summed E-state index contributed by atoms with van der Waals surface area (Å²) in [5.41, 5.74) is 6.92. The minimum atomic E-state index is -1.52. The summed E-state index contributed by atoms with van der Waals surface area (Å²) in [5.74, 6) is 0. The number of hydrogen-bond donors (Lipinski definition) is 0. The van der Waals surface area contributed by atoms with Gasteiger partial charge in [0.25, 0.3) is 0 Å². The quantitative estimate of drug-likeness (QED) is 0.185. The van der Waals surface area contributed by atoms with Crippen molar-refractivity contribution in [2.24, 2.45) is 0 Å². The SMILES string of the molecule is c1ccc2c3c(ccc2c1)CN(p1oc2ccc4ccccc4c2c2c(ccc4ccccc42)o1)Cc1ccc2ccccc2c1-3. The molecule has 0 aliphatic carbocycles. The van der Waals surface area contributed by atoms with Crippen molar-refractivity contribution in [1.82, 2.24) is 0 Å². The summed E-state index contributed by atoms with van der Waals surface area (Å²) in [6.45, 7) is 1.42. The standard InChI is InChI=1S/C42H28NO2P/c1-5-13-33-27(9-1)17-19-31-25-43(26-32-20-18-28-10-2-6-14-34(28)40(32)39(31)33)46-44-37-23-21-29-11-3-7-15-35(29)41(37)42-36-16-8-4-12-30(36)22-24-38(42)45-46/h1-24H,25-26H2. The highest BCUT2D eigenvalue weighted by Crippen LogP contribution is 2.47. The maximum absolute atomic E-state index is 7.07. The lowest BCUT2D eigenvalue weighted by atomic mass is 9.88. The van der Waals surface area contributed by atoms with Crippen LogP contribution >= 0.6 is 8.16 Å². The molecule has 0 N–H and O–H groups in total. The molecule has 218 valence electrons. The molecule has 0 atom stereocenters. The average molecular weight is 610 g/mol. The van der Waals surface area contributed by atoms with Crippen molar-refractivity contribution in [3.8, 4) is 11.1 Å². The minimum Gasteiger partial charge on any atom is -0.408 e. The van der Waals surface area contributed by atoms with E-state index in [4.69, 9.17) is 8.39 Å². The minimum absolute atomic E-state index is 0.709. The van der Waals surface area contributed by atoms with Gasteiger partial charge in [0.1, 0.15) is 11.2 Å². The van der Waals surface area contributed by atoms with Crippen LogP contribution in [-0.2, 0) is 13.1 Å². The van der Waals surface area contributed by atoms with Crippen molar-refractivity contribution < 1.29 is 8.39 Å². The summed E-state index contributed by atoms with van der Waals surface area (Å²) in [7, 11) is -1.52. The Morgan fingerprint density at radius 2 is 0.761 bits per heavy atom. The number of nitrogens with zero attached hydrogens (tertiary/aromatic N) is 1. The van der Waals surface area contributed by atoms with E-state index in [-0.39, 0.29) is 0 Å². The molecule has 8 aromatic carbocycles. The summed E-state index contributed by atoms with van der Waals surface area (Å²) in [5, 5.41) is 12.0. The molecular formula is C42H28NO2P. The molecule has 46 heavy (non-hydrogen) atoms. The van der Waals surface area contributed by atoms with Gasteiger partial charge in [-0.25, -0.2) is 0 Å². The van der Waals surface area contributed by atoms with Gasteiger partial charge in [0.05, 0.1) is 0 Å². The second-order valence-electron chi connectivity index (χ2n) is 12.2. The lowest BCUT2D eigenvalue weighted by Crippen LogP contribution is -2.17. The van der Waals surface area contributed by atoms with Gasteiger partial charge >= 0.3 is 8.16 Å². The van der Waals surface area contributed by atoms with Gasteiger partial charge in [-0.2, -0.15) is 4.67 Å². The summed E-state index contributed by atoms with van der Waals surface area (Å²) in [4.78, 5) is 0. The van der Waals surface area contributed by atoms with E-state index in [1.807, 2.05) is 0 Å². The summed E-state index contributed by atoms with van der Waals surface area (Å²) >= 11 is 0. The molecule has 9 aromatic rings. The van der Waals surface area contributed by atoms with Gasteiger partial charge in [0.15, 0.2) is 0 Å². The van der Waals surface area contributed by atoms with Gasteiger partial charge in [0.2, 0.25) is 0 Å². The van der Waals surface area contributed by atoms with Crippen LogP contribution in [0.5, 0.6) is 0 Å². The highest BCUT2D eigenvalue weighted by molar-refractivity contribution is 7.38. The first-order chi connectivity index (χ1) is 22.8. The van der Waals surface area contributed by atoms with Gasteiger partial charge in [0, 0.05) is 23.9 Å². The Morgan fingerprint density at radius 1 is 0.391 bits per heavy atom. The molecule has 0 fully saturated rings. The fraction of sp³-hybridized carbons (Fsp3) is 0.0476. The molecule has 4 heteroatoms. The summed E-state index contributed by atoms with van der Waals surface area (Å²) in [6, 6.07) is 52.4. The molecule has 1 aliphatic rings. The maximum Gasteiger partial charge on any atom is 0.310 e. The van der Waals surface area contributed by atoms with E-state index >= 15 is 0 Å². The van der Waals surface area contributed by atoms with E-state index in [1.165, 1.54) is 65.3 Å². The Hall–Kier alpha value is -5.34. The third-order valence-corrected chi connectivity index (χ3v) is 11.1. The van der Waals surface area contributed by atoms with Crippen LogP contribution in [0.25, 0.3) is 76.2 Å². The van der Waals surface area contributed by atoms with Crippen LogP contribution in [0, 0.1) is 0 Å². The van der Waals surface area contributed by atoms with Gasteiger partial charge in [-0.1, -0.05) is 133 Å². The zero-order chi connectivity index (χ0) is 30.2. The number of hydrogen-bond acceptors (Lipinski definition) is 3. The molecule has 0 radical (unpaired) electrons. The van der Waals surface area contributed by atoms with Crippen LogP contribution in [-0.4, -0.2) is 0 Å². The zero-order valence-corrected chi connectivity index (χ0v) is 25.9. The third kappa shape index (κ3) is 3.89. The average Bonchev–Trinajstić information content (AvgIpc) is 3.40. The predicted octanol–water partition coefficient (Wildman–Crippen LogP) is 12.2. The normalized spacial score (nSPS) is 13.4. The smallest absolute Gasteiger partial charge is 0.310 e. The van der Waals surface area contributed by atoms with Crippen LogP contribution < -0.4 is 4.67 Å². The van der Waals surface area contributed by atoms with Crippen LogP contribution in [0.2, 0.25) is 0 Å². The van der Waals surface area contributed by atoms with Crippen molar-refractivity contribution in [3.05, 3.63) is 157 Å². The second kappa shape index (κ2) is 10.1. The Bertz CT molecular complexity index is 2540. The lowest BCUT2D eigenvalue weighted by molar-refractivity contribution is 0.618. The van der Waals surface area contributed by atoms with E-state index in [0.717, 1.165) is 21.9 Å².